The zero-order chi connectivity index (χ0) is 89.6. The lowest BCUT2D eigenvalue weighted by atomic mass is 9.97. The maximum Gasteiger partial charge on any atom is 0.330 e. The predicted molar refractivity (Wildman–Crippen MR) is 403 cm³/mol. The van der Waals surface area contributed by atoms with Gasteiger partial charge in [-0.15, -0.1) is 0 Å². The molecule has 7 heterocycles. The molecule has 124 heavy (non-hydrogen) atoms. The first-order valence-corrected chi connectivity index (χ1v) is 38.1. The van der Waals surface area contributed by atoms with E-state index in [1.54, 1.807) is 0 Å². The lowest BCUT2D eigenvalue weighted by molar-refractivity contribution is -0.364. The summed E-state index contributed by atoms with van der Waals surface area (Å²) in [5.41, 5.74) is 0.393. The van der Waals surface area contributed by atoms with Crippen molar-refractivity contribution in [3.8, 4) is 63.2 Å². The van der Waals surface area contributed by atoms with Crippen LogP contribution in [0.1, 0.15) is 33.9 Å². The van der Waals surface area contributed by atoms with Gasteiger partial charge in [-0.1, -0.05) is 18.2 Å². The van der Waals surface area contributed by atoms with Crippen LogP contribution in [0.3, 0.4) is 0 Å². The van der Waals surface area contributed by atoms with Gasteiger partial charge in [0.1, 0.15) is 177 Å². The van der Waals surface area contributed by atoms with Crippen molar-refractivity contribution in [2.24, 2.45) is 0 Å². The van der Waals surface area contributed by atoms with E-state index >= 15 is 0 Å². The second-order valence-corrected chi connectivity index (χ2v) is 29.3. The molecule has 12 rings (SSSR count). The van der Waals surface area contributed by atoms with Crippen molar-refractivity contribution in [1.29, 1.82) is 0 Å². The average molecular weight is 1760 g/mol. The Bertz CT molecular complexity index is 4610. The van der Waals surface area contributed by atoms with E-state index in [9.17, 15) is 142 Å². The monoisotopic (exact) mass is 1760 g/mol. The van der Waals surface area contributed by atoms with E-state index in [0.717, 1.165) is 72.8 Å². The van der Waals surface area contributed by atoms with Gasteiger partial charge >= 0.3 is 17.9 Å². The van der Waals surface area contributed by atoms with Gasteiger partial charge in [0.05, 0.1) is 38.6 Å². The summed E-state index contributed by atoms with van der Waals surface area (Å²) in [6.07, 6.45) is -50.9. The third-order valence-electron chi connectivity index (χ3n) is 20.8. The summed E-state index contributed by atoms with van der Waals surface area (Å²) in [6.45, 7) is -5.10. The first-order chi connectivity index (χ1) is 59.1. The molecule has 45 heteroatoms. The Hall–Kier alpha value is -10.0. The largest absolute Gasteiger partial charge is 0.571 e. The van der Waals surface area contributed by atoms with Crippen LogP contribution in [0, 0.1) is 0 Å². The van der Waals surface area contributed by atoms with Gasteiger partial charge in [-0.3, -0.25) is 0 Å². The molecule has 0 radical (unpaired) electrons. The summed E-state index contributed by atoms with van der Waals surface area (Å²) in [5, 5.41) is 268. The molecule has 26 N–H and O–H groups in total. The van der Waals surface area contributed by atoms with E-state index in [1.807, 2.05) is 0 Å². The van der Waals surface area contributed by atoms with E-state index in [1.165, 1.54) is 61.7 Å². The Balaban J connectivity index is 0.741. The highest BCUT2D eigenvalue weighted by molar-refractivity contribution is 5.88. The van der Waals surface area contributed by atoms with Crippen molar-refractivity contribution in [1.82, 2.24) is 0 Å². The third-order valence-corrected chi connectivity index (χ3v) is 20.8. The van der Waals surface area contributed by atoms with Crippen LogP contribution in [-0.4, -0.2) is 381 Å². The van der Waals surface area contributed by atoms with Crippen molar-refractivity contribution in [2.45, 2.75) is 190 Å². The van der Waals surface area contributed by atoms with Crippen LogP contribution in [0.15, 0.2) is 109 Å². The number of aliphatic hydroxyl groups excluding tert-OH is 20. The summed E-state index contributed by atoms with van der Waals surface area (Å²) in [6, 6.07) is 16.7. The zero-order valence-corrected chi connectivity index (χ0v) is 64.6. The molecule has 31 atom stereocenters. The summed E-state index contributed by atoms with van der Waals surface area (Å²) >= 11 is 0. The fourth-order valence-corrected chi connectivity index (χ4v) is 13.8. The molecule has 0 bridgehead atoms. The van der Waals surface area contributed by atoms with E-state index in [2.05, 4.69) is 0 Å². The van der Waals surface area contributed by atoms with E-state index in [4.69, 9.17) is 80.5 Å². The number of hydrogen-bond donors (Lipinski definition) is 25. The number of carbonyl (C=O) groups excluding carboxylic acids is 3. The van der Waals surface area contributed by atoms with Gasteiger partial charge in [-0.05, 0) is 89.5 Å². The molecule has 5 aromatic rings. The van der Waals surface area contributed by atoms with Gasteiger partial charge in [0.2, 0.25) is 31.5 Å². The number of rotatable bonds is 29. The summed E-state index contributed by atoms with van der Waals surface area (Å²) in [4.78, 5) is 39.9. The minimum atomic E-state index is -2.31. The number of aliphatic hydroxyl groups is 21. The quantitative estimate of drug-likeness (QED) is 0.00915. The molecule has 0 amide bonds. The number of aromatic hydroxyl groups is 6. The van der Waals surface area contributed by atoms with Gasteiger partial charge in [0.25, 0.3) is 11.9 Å². The maximum absolute atomic E-state index is 13.6. The van der Waals surface area contributed by atoms with Crippen LogP contribution in [0.2, 0.25) is 0 Å². The Morgan fingerprint density at radius 2 is 0.718 bits per heavy atom. The normalized spacial score (nSPS) is 35.0. The molecule has 45 nitrogen and oxygen atoms in total. The molecule has 0 spiro atoms. The number of benzene rings is 5. The highest BCUT2D eigenvalue weighted by Crippen LogP contribution is 2.49. The van der Waals surface area contributed by atoms with Crippen LogP contribution >= 0.6 is 0 Å². The zero-order valence-electron chi connectivity index (χ0n) is 64.6. The number of hydrogen-bond acceptors (Lipinski definition) is 44. The van der Waals surface area contributed by atoms with E-state index < -0.39 is 277 Å². The topological polar surface area (TPSA) is 717 Å². The van der Waals surface area contributed by atoms with Crippen molar-refractivity contribution >= 4 is 42.2 Å². The Morgan fingerprint density at radius 3 is 1.15 bits per heavy atom. The Kier molecular flexibility index (Phi) is 30.4. The molecule has 5 aromatic carbocycles. The van der Waals surface area contributed by atoms with Gasteiger partial charge in [0.15, 0.2) is 64.1 Å². The van der Waals surface area contributed by atoms with Crippen molar-refractivity contribution in [3.63, 3.8) is 0 Å². The van der Waals surface area contributed by atoms with Crippen LogP contribution in [-0.2, 0) is 66.5 Å². The highest BCUT2D eigenvalue weighted by Gasteiger charge is 2.55. The average Bonchev–Trinajstić information content (AvgIpc) is 0.757. The standard InChI is InChI=1S/C79H92O45/c1-108-42-19-32(8-11-35(42)84)72-45(22-34-40(112-72)20-33(83)21-41(34)114-75-67(103)61(97)55(91)46(23-80)118-75)117-79-73(124-78-71(107)65(101)59(95)50(122-78)27-110-54(90)15-7-31-3-10-37(86)44(18-31)116-77-69(105)63(99)57(93)48(25-82)120-77)66(102)60(96)51(123-79)28-111-52(88)13-5-29-4-12-39(38(87)16-29)113-74-70(106)64(100)58(94)49(121-74)26-109-53(89)14-6-30-2-9-36(85)43(17-30)115-76-68(104)62(98)56(92)47(24-81)119-76/h2-22,46-51,55-87,91-107H,23-28H2,1H3/p+1. The molecule has 0 aromatic heterocycles. The number of esters is 3. The number of phenolic OH excluding ortho intramolecular Hbond substituents is 5. The number of methoxy groups -OCH3 is 1. The van der Waals surface area contributed by atoms with Crippen molar-refractivity contribution in [3.05, 3.63) is 137 Å². The number of fused-ring (bicyclic) bond motifs is 1. The van der Waals surface area contributed by atoms with Gasteiger partial charge in [0, 0.05) is 30.4 Å². The van der Waals surface area contributed by atoms with Crippen molar-refractivity contribution in [2.75, 3.05) is 46.8 Å². The molecular weight excluding hydrogens is 1670 g/mol. The highest BCUT2D eigenvalue weighted by atomic mass is 16.8. The molecule has 6 fully saturated rings. The predicted octanol–water partition coefficient (Wildman–Crippen LogP) is -7.29. The summed E-state index contributed by atoms with van der Waals surface area (Å²) in [5.74, 6) is -7.99. The van der Waals surface area contributed by atoms with Crippen LogP contribution in [0.4, 0.5) is 0 Å². The number of ether oxygens (including phenoxy) is 17. The first kappa shape index (κ1) is 93.2. The minimum absolute atomic E-state index is 0.0579. The molecule has 0 aliphatic carbocycles. The SMILES string of the molecule is COc1cc(C2[OH+]c3cc(O)cc(OC4OC(CO)C(O)C(O)C4O)c3C=C2OC2OC(COC(=O)C=Cc3ccc(OC4OC(COC(=O)C=Cc5ccc(O)c(OC6OC(CO)C(O)C(O)C6O)c5)C(O)C(O)C4O)c(O)c3)C(O)C(O)C2OC2OC(COC(=O)C=Cc3ccc(O)c(OC4OC(CO)C(O)C(O)C4O)c3)C(O)C(O)C2O)ccc1O. The first-order valence-electron chi connectivity index (χ1n) is 38.1. The van der Waals surface area contributed by atoms with E-state index in [-0.39, 0.29) is 68.1 Å². The fraction of sp³-hybridized carbons (Fsp3) is 0.481. The minimum Gasteiger partial charge on any atom is -0.571 e. The second-order valence-electron chi connectivity index (χ2n) is 29.3. The molecule has 31 unspecified atom stereocenters. The van der Waals surface area contributed by atoms with Crippen LogP contribution in [0.25, 0.3) is 24.3 Å². The smallest absolute Gasteiger partial charge is 0.330 e. The maximum atomic E-state index is 13.6. The third kappa shape index (κ3) is 21.1. The molecule has 6 saturated heterocycles. The molecule has 7 aliphatic heterocycles. The van der Waals surface area contributed by atoms with Gasteiger partial charge < -0.3 is 208 Å². The summed E-state index contributed by atoms with van der Waals surface area (Å²) in [7, 11) is 1.22. The van der Waals surface area contributed by atoms with Crippen molar-refractivity contribution < 1.29 is 223 Å². The van der Waals surface area contributed by atoms with Gasteiger partial charge in [-0.25, -0.2) is 14.4 Å². The molecule has 7 aliphatic rings. The molecule has 678 valence electrons. The second kappa shape index (κ2) is 40.5. The molecule has 0 saturated carbocycles. The van der Waals surface area contributed by atoms with E-state index in [0.29, 0.717) is 0 Å². The lowest BCUT2D eigenvalue weighted by Crippen LogP contribution is -2.64. The summed E-state index contributed by atoms with van der Waals surface area (Å²) < 4.78 is 95.7. The molecular formula is C79H93O45+. The van der Waals surface area contributed by atoms with Gasteiger partial charge in [-0.2, -0.15) is 0 Å². The Labute approximate surface area is 699 Å². The fourth-order valence-electron chi connectivity index (χ4n) is 13.8. The van der Waals surface area contributed by atoms with Crippen LogP contribution in [0.5, 0.6) is 63.2 Å². The number of phenols is 5. The Morgan fingerprint density at radius 1 is 0.355 bits per heavy atom. The lowest BCUT2D eigenvalue weighted by Gasteiger charge is -2.46. The van der Waals surface area contributed by atoms with Crippen LogP contribution < -0.4 is 23.7 Å². The number of carbonyl (C=O) groups is 3.